The van der Waals surface area contributed by atoms with E-state index in [9.17, 15) is 49.6 Å². The number of rotatable bonds is 3. The van der Waals surface area contributed by atoms with Crippen molar-refractivity contribution in [3.05, 3.63) is 33.9 Å². The van der Waals surface area contributed by atoms with Gasteiger partial charge in [-0.05, 0) is 6.07 Å². The third-order valence-corrected chi connectivity index (χ3v) is 2.80. The number of nitro groups is 1. The van der Waals surface area contributed by atoms with E-state index in [1.165, 1.54) is 0 Å². The molecule has 0 spiro atoms. The molecule has 130 valence electrons. The van der Waals surface area contributed by atoms with E-state index in [2.05, 4.69) is 0 Å². The topological polar surface area (TPSA) is 69.2 Å². The second-order valence-electron chi connectivity index (χ2n) is 4.26. The smallest absolute Gasteiger partial charge is 0.393 e. The minimum absolute atomic E-state index is 0.129. The summed E-state index contributed by atoms with van der Waals surface area (Å²) in [6.07, 6.45) is -13.6. The first kappa shape index (κ1) is 18.8. The van der Waals surface area contributed by atoms with Gasteiger partial charge < -0.3 is 5.73 Å². The summed E-state index contributed by atoms with van der Waals surface area (Å²) >= 11 is 0. The van der Waals surface area contributed by atoms with Crippen LogP contribution < -0.4 is 5.73 Å². The second-order valence-corrected chi connectivity index (χ2v) is 4.26. The number of hydrogen-bond donors (Lipinski definition) is 1. The van der Waals surface area contributed by atoms with Crippen LogP contribution in [0.3, 0.4) is 0 Å². The molecule has 0 saturated heterocycles. The van der Waals surface area contributed by atoms with Gasteiger partial charge in [0.15, 0.2) is 0 Å². The number of hydrogen-bond acceptors (Lipinski definition) is 3. The van der Waals surface area contributed by atoms with Gasteiger partial charge in [0, 0.05) is 11.6 Å². The van der Waals surface area contributed by atoms with E-state index in [1.54, 1.807) is 0 Å². The van der Waals surface area contributed by atoms with E-state index in [1.807, 2.05) is 0 Å². The molecule has 1 rings (SSSR count). The molecule has 1 atom stereocenters. The van der Waals surface area contributed by atoms with E-state index in [-0.39, 0.29) is 12.1 Å². The highest BCUT2D eigenvalue weighted by Crippen LogP contribution is 2.58. The number of halogens is 9. The third-order valence-electron chi connectivity index (χ3n) is 2.80. The Hall–Kier alpha value is -2.21. The molecule has 4 nitrogen and oxygen atoms in total. The molecule has 0 amide bonds. The van der Waals surface area contributed by atoms with Gasteiger partial charge in [0.2, 0.25) is 0 Å². The van der Waals surface area contributed by atoms with Crippen LogP contribution >= 0.6 is 0 Å². The van der Waals surface area contributed by atoms with Crippen molar-refractivity contribution in [2.24, 2.45) is 0 Å². The summed E-state index contributed by atoms with van der Waals surface area (Å²) in [5.74, 6) is -6.90. The lowest BCUT2D eigenvalue weighted by Crippen LogP contribution is -2.59. The lowest BCUT2D eigenvalue weighted by atomic mass is 9.87. The van der Waals surface area contributed by atoms with Crippen molar-refractivity contribution < 1.29 is 44.4 Å². The fraction of sp³-hybridized carbons (Fsp3) is 0.400. The first-order chi connectivity index (χ1) is 10.1. The zero-order valence-electron chi connectivity index (χ0n) is 10.5. The molecule has 13 heteroatoms. The molecule has 0 saturated carbocycles. The van der Waals surface area contributed by atoms with Gasteiger partial charge in [0.1, 0.15) is 5.69 Å². The lowest BCUT2D eigenvalue weighted by Gasteiger charge is -2.36. The van der Waals surface area contributed by atoms with E-state index in [0.29, 0.717) is 0 Å². The summed E-state index contributed by atoms with van der Waals surface area (Å²) in [4.78, 5) is 9.05. The van der Waals surface area contributed by atoms with Gasteiger partial charge in [-0.2, -0.15) is 35.1 Å². The number of nitrogens with two attached hydrogens (primary N) is 1. The van der Waals surface area contributed by atoms with Crippen molar-refractivity contribution in [2.45, 2.75) is 23.9 Å². The Kier molecular flexibility index (Phi) is 4.23. The SMILES string of the molecule is Nc1ccc(C(F)(C(F)(F)F)C(F)(F)C(F)(F)F)cc1[N+](=O)[O-]. The van der Waals surface area contributed by atoms with Crippen molar-refractivity contribution in [1.82, 2.24) is 0 Å². The number of nitrogen functional groups attached to an aromatic ring is 1. The highest BCUT2D eigenvalue weighted by Gasteiger charge is 2.81. The van der Waals surface area contributed by atoms with Crippen LogP contribution in [0.5, 0.6) is 0 Å². The van der Waals surface area contributed by atoms with E-state index >= 15 is 0 Å². The van der Waals surface area contributed by atoms with Crippen LogP contribution in [0.2, 0.25) is 0 Å². The monoisotopic (exact) mass is 356 g/mol. The van der Waals surface area contributed by atoms with Crippen LogP contribution in [0, 0.1) is 10.1 Å². The van der Waals surface area contributed by atoms with Crippen molar-refractivity contribution in [3.8, 4) is 0 Å². The standard InChI is InChI=1S/C10H5F9N2O2/c11-7(9(14,15)16,8(12,13)10(17,18)19)4-1-2-5(20)6(3-4)21(22)23/h1-3H,20H2. The highest BCUT2D eigenvalue weighted by atomic mass is 19.4. The predicted octanol–water partition coefficient (Wildman–Crippen LogP) is 4.10. The minimum Gasteiger partial charge on any atom is -0.393 e. The van der Waals surface area contributed by atoms with E-state index in [4.69, 9.17) is 5.73 Å². The minimum atomic E-state index is -6.91. The quantitative estimate of drug-likeness (QED) is 0.384. The Morgan fingerprint density at radius 3 is 1.74 bits per heavy atom. The van der Waals surface area contributed by atoms with E-state index < -0.39 is 51.9 Å². The first-order valence-electron chi connectivity index (χ1n) is 5.32. The van der Waals surface area contributed by atoms with Crippen molar-refractivity contribution in [1.29, 1.82) is 0 Å². The van der Waals surface area contributed by atoms with Gasteiger partial charge >= 0.3 is 23.9 Å². The maximum Gasteiger partial charge on any atom is 0.457 e. The summed E-state index contributed by atoms with van der Waals surface area (Å²) in [6.45, 7) is 0. The summed E-state index contributed by atoms with van der Waals surface area (Å²) in [5.41, 5.74) is -5.86. The Morgan fingerprint density at radius 1 is 0.913 bits per heavy atom. The average Bonchev–Trinajstić information content (AvgIpc) is 2.35. The van der Waals surface area contributed by atoms with Crippen LogP contribution in [0.4, 0.5) is 50.9 Å². The van der Waals surface area contributed by atoms with Crippen LogP contribution in [0.1, 0.15) is 5.56 Å². The molecule has 0 bridgehead atoms. The number of benzene rings is 1. The Bertz CT molecular complexity index is 626. The van der Waals surface area contributed by atoms with Gasteiger partial charge in [-0.15, -0.1) is 0 Å². The Morgan fingerprint density at radius 2 is 1.39 bits per heavy atom. The lowest BCUT2D eigenvalue weighted by molar-refractivity contribution is -0.391. The van der Waals surface area contributed by atoms with Gasteiger partial charge in [0.25, 0.3) is 5.69 Å². The van der Waals surface area contributed by atoms with Gasteiger partial charge in [-0.1, -0.05) is 6.07 Å². The molecule has 0 fully saturated rings. The molecule has 0 aliphatic heterocycles. The first-order valence-corrected chi connectivity index (χ1v) is 5.32. The van der Waals surface area contributed by atoms with Gasteiger partial charge in [-0.25, -0.2) is 4.39 Å². The molecule has 0 aliphatic carbocycles. The third kappa shape index (κ3) is 2.74. The maximum atomic E-state index is 14.0. The molecule has 0 radical (unpaired) electrons. The highest BCUT2D eigenvalue weighted by molar-refractivity contribution is 5.60. The van der Waals surface area contributed by atoms with E-state index in [0.717, 1.165) is 0 Å². The second kappa shape index (κ2) is 5.16. The van der Waals surface area contributed by atoms with Gasteiger partial charge in [-0.3, -0.25) is 10.1 Å². The number of nitrogens with zero attached hydrogens (tertiary/aromatic N) is 1. The van der Waals surface area contributed by atoms with Crippen LogP contribution in [0.25, 0.3) is 0 Å². The fourth-order valence-electron chi connectivity index (χ4n) is 1.63. The molecule has 1 aromatic rings. The molecule has 0 heterocycles. The Balaban J connectivity index is 3.77. The normalized spacial score (nSPS) is 16.0. The predicted molar refractivity (Wildman–Crippen MR) is 57.4 cm³/mol. The Labute approximate surface area is 120 Å². The maximum absolute atomic E-state index is 14.0. The number of nitro benzene ring substituents is 1. The zero-order chi connectivity index (χ0) is 18.4. The molecule has 0 aliphatic rings. The summed E-state index contributed by atoms with van der Waals surface area (Å²) in [7, 11) is 0. The number of anilines is 1. The number of alkyl halides is 9. The van der Waals surface area contributed by atoms with Crippen LogP contribution in [-0.4, -0.2) is 23.2 Å². The fourth-order valence-corrected chi connectivity index (χ4v) is 1.63. The summed E-state index contributed by atoms with van der Waals surface area (Å²) in [6, 6.07) is -0.321. The van der Waals surface area contributed by atoms with Crippen molar-refractivity contribution in [3.63, 3.8) is 0 Å². The average molecular weight is 356 g/mol. The van der Waals surface area contributed by atoms with Crippen molar-refractivity contribution >= 4 is 11.4 Å². The molecule has 1 aromatic carbocycles. The largest absolute Gasteiger partial charge is 0.457 e. The molecular formula is C10H5F9N2O2. The molecule has 0 aromatic heterocycles. The van der Waals surface area contributed by atoms with Gasteiger partial charge in [0.05, 0.1) is 4.92 Å². The summed E-state index contributed by atoms with van der Waals surface area (Å²) in [5, 5.41) is 10.5. The van der Waals surface area contributed by atoms with Crippen LogP contribution in [0.15, 0.2) is 18.2 Å². The molecule has 1 unspecified atom stereocenters. The molecule has 23 heavy (non-hydrogen) atoms. The molecule has 2 N–H and O–H groups in total. The van der Waals surface area contributed by atoms with Crippen molar-refractivity contribution in [2.75, 3.05) is 5.73 Å². The summed E-state index contributed by atoms with van der Waals surface area (Å²) < 4.78 is 115. The van der Waals surface area contributed by atoms with Crippen LogP contribution in [-0.2, 0) is 5.67 Å². The molecular weight excluding hydrogens is 351 g/mol. The zero-order valence-corrected chi connectivity index (χ0v) is 10.5.